The average Bonchev–Trinajstić information content (AvgIpc) is 2.16. The van der Waals surface area contributed by atoms with E-state index >= 15 is 0 Å². The van der Waals surface area contributed by atoms with E-state index < -0.39 is 0 Å². The summed E-state index contributed by atoms with van der Waals surface area (Å²) in [7, 11) is 2.81. The molecule has 3 N–H and O–H groups in total. The second-order valence-corrected chi connectivity index (χ2v) is 4.55. The zero-order valence-corrected chi connectivity index (χ0v) is 11.2. The highest BCUT2D eigenvalue weighted by Crippen LogP contribution is 2.10. The van der Waals surface area contributed by atoms with Crippen LogP contribution in [-0.2, 0) is 0 Å². The van der Waals surface area contributed by atoms with Crippen molar-refractivity contribution in [1.29, 1.82) is 0 Å². The molecule has 1 nitrogen and oxygen atoms in total. The van der Waals surface area contributed by atoms with E-state index in [0.29, 0.717) is 0 Å². The molecule has 1 atom stereocenters. The summed E-state index contributed by atoms with van der Waals surface area (Å²) in [6.45, 7) is 2.28. The number of rotatable bonds is 10. The third-order valence-corrected chi connectivity index (χ3v) is 2.97. The van der Waals surface area contributed by atoms with E-state index in [-0.39, 0.29) is 6.15 Å². The molecule has 0 amide bonds. The van der Waals surface area contributed by atoms with Gasteiger partial charge in [0.1, 0.15) is 0 Å². The molecule has 14 heavy (non-hydrogen) atoms. The van der Waals surface area contributed by atoms with Crippen LogP contribution in [0.15, 0.2) is 0 Å². The first-order valence-electron chi connectivity index (χ1n) is 6.12. The van der Waals surface area contributed by atoms with Gasteiger partial charge in [-0.15, -0.1) is 9.24 Å². The molecule has 0 bridgehead atoms. The van der Waals surface area contributed by atoms with Crippen molar-refractivity contribution in [1.82, 2.24) is 6.15 Å². The van der Waals surface area contributed by atoms with Crippen LogP contribution in [0.2, 0.25) is 0 Å². The fourth-order valence-electron chi connectivity index (χ4n) is 1.63. The minimum absolute atomic E-state index is 0. The van der Waals surface area contributed by atoms with Crippen molar-refractivity contribution in [3.8, 4) is 0 Å². The first-order chi connectivity index (χ1) is 6.41. The van der Waals surface area contributed by atoms with Crippen molar-refractivity contribution in [2.75, 3.05) is 6.16 Å². The number of hydrogen-bond donors (Lipinski definition) is 1. The first-order valence-corrected chi connectivity index (χ1v) is 6.93. The van der Waals surface area contributed by atoms with Crippen LogP contribution in [0.3, 0.4) is 0 Å². The highest BCUT2D eigenvalue weighted by molar-refractivity contribution is 7.16. The molecule has 0 aliphatic rings. The first kappa shape index (κ1) is 16.8. The Labute approximate surface area is 93.2 Å². The minimum Gasteiger partial charge on any atom is -0.344 e. The van der Waals surface area contributed by atoms with Gasteiger partial charge >= 0.3 is 0 Å². The maximum atomic E-state index is 2.81. The largest absolute Gasteiger partial charge is 0.344 e. The molecule has 0 radical (unpaired) electrons. The zero-order valence-electron chi connectivity index (χ0n) is 10.1. The van der Waals surface area contributed by atoms with Crippen molar-refractivity contribution in [2.24, 2.45) is 0 Å². The molecule has 0 saturated carbocycles. The monoisotopic (exact) mass is 219 g/mol. The summed E-state index contributed by atoms with van der Waals surface area (Å²) in [6.07, 6.45) is 15.7. The molecule has 0 aliphatic heterocycles. The number of hydrogen-bond acceptors (Lipinski definition) is 1. The predicted octanol–water partition coefficient (Wildman–Crippen LogP) is 4.94. The quantitative estimate of drug-likeness (QED) is 0.409. The van der Waals surface area contributed by atoms with Gasteiger partial charge in [0.15, 0.2) is 0 Å². The average molecular weight is 219 g/mol. The second kappa shape index (κ2) is 15.8. The molecule has 0 saturated heterocycles. The second-order valence-electron chi connectivity index (χ2n) is 3.97. The summed E-state index contributed by atoms with van der Waals surface area (Å²) in [4.78, 5) is 0. The summed E-state index contributed by atoms with van der Waals surface area (Å²) < 4.78 is 0. The third-order valence-electron chi connectivity index (χ3n) is 2.56. The fraction of sp³-hybridized carbons (Fsp3) is 1.00. The Morgan fingerprint density at radius 1 is 0.643 bits per heavy atom. The van der Waals surface area contributed by atoms with E-state index in [1.54, 1.807) is 0 Å². The van der Waals surface area contributed by atoms with E-state index in [2.05, 4.69) is 16.2 Å². The molecule has 0 heterocycles. The Bertz CT molecular complexity index is 76.4. The zero-order chi connectivity index (χ0) is 9.78. The molecule has 0 aliphatic carbocycles. The summed E-state index contributed by atoms with van der Waals surface area (Å²) in [5, 5.41) is 0. The van der Waals surface area contributed by atoms with E-state index in [9.17, 15) is 0 Å². The Balaban J connectivity index is 0. The molecule has 2 heteroatoms. The molecule has 0 fully saturated rings. The van der Waals surface area contributed by atoms with Gasteiger partial charge in [0.25, 0.3) is 0 Å². The SMILES string of the molecule is CCCCCCCCCCCCP.N. The third kappa shape index (κ3) is 14.9. The van der Waals surface area contributed by atoms with Crippen LogP contribution in [0.4, 0.5) is 0 Å². The molecule has 0 aromatic heterocycles. The van der Waals surface area contributed by atoms with Gasteiger partial charge in [0.05, 0.1) is 0 Å². The van der Waals surface area contributed by atoms with Crippen LogP contribution < -0.4 is 6.15 Å². The molecule has 0 rings (SSSR count). The van der Waals surface area contributed by atoms with E-state index in [1.807, 2.05) is 0 Å². The van der Waals surface area contributed by atoms with Gasteiger partial charge in [-0.25, -0.2) is 0 Å². The highest BCUT2D eigenvalue weighted by atomic mass is 31.0. The van der Waals surface area contributed by atoms with Crippen LogP contribution >= 0.6 is 9.24 Å². The van der Waals surface area contributed by atoms with Crippen molar-refractivity contribution >= 4 is 9.24 Å². The van der Waals surface area contributed by atoms with Gasteiger partial charge < -0.3 is 6.15 Å². The number of unbranched alkanes of at least 4 members (excludes halogenated alkanes) is 9. The lowest BCUT2D eigenvalue weighted by molar-refractivity contribution is 0.563. The van der Waals surface area contributed by atoms with Crippen LogP contribution in [0, 0.1) is 0 Å². The van der Waals surface area contributed by atoms with Gasteiger partial charge in [-0.3, -0.25) is 0 Å². The summed E-state index contributed by atoms with van der Waals surface area (Å²) in [5.74, 6) is 0. The van der Waals surface area contributed by atoms with Gasteiger partial charge in [-0.2, -0.15) is 0 Å². The van der Waals surface area contributed by atoms with Gasteiger partial charge in [0.2, 0.25) is 0 Å². The normalized spacial score (nSPS) is 9.86. The lowest BCUT2D eigenvalue weighted by Gasteiger charge is -2.00. The fourth-order valence-corrected chi connectivity index (χ4v) is 1.92. The predicted molar refractivity (Wildman–Crippen MR) is 71.4 cm³/mol. The molecule has 0 aromatic carbocycles. The van der Waals surface area contributed by atoms with Gasteiger partial charge in [0, 0.05) is 0 Å². The lowest BCUT2D eigenvalue weighted by atomic mass is 10.1. The summed E-state index contributed by atoms with van der Waals surface area (Å²) in [6, 6.07) is 0. The highest BCUT2D eigenvalue weighted by Gasteiger charge is 1.90. The standard InChI is InChI=1S/C12H27P.H3N/c1-2-3-4-5-6-7-8-9-10-11-12-13;/h2-13H2,1H3;1H3. The van der Waals surface area contributed by atoms with Crippen molar-refractivity contribution in [3.05, 3.63) is 0 Å². The van der Waals surface area contributed by atoms with Crippen molar-refractivity contribution in [3.63, 3.8) is 0 Å². The van der Waals surface area contributed by atoms with Gasteiger partial charge in [-0.1, -0.05) is 64.7 Å². The van der Waals surface area contributed by atoms with Crippen LogP contribution in [0.5, 0.6) is 0 Å². The van der Waals surface area contributed by atoms with Crippen LogP contribution in [0.25, 0.3) is 0 Å². The molecular weight excluding hydrogens is 189 g/mol. The van der Waals surface area contributed by atoms with E-state index in [0.717, 1.165) is 0 Å². The molecule has 1 unspecified atom stereocenters. The molecule has 88 valence electrons. The Morgan fingerprint density at radius 3 is 1.36 bits per heavy atom. The molecule has 0 spiro atoms. The lowest BCUT2D eigenvalue weighted by Crippen LogP contribution is -1.81. The summed E-state index contributed by atoms with van der Waals surface area (Å²) >= 11 is 0. The molecular formula is C12H30NP. The topological polar surface area (TPSA) is 35.0 Å². The maximum absolute atomic E-state index is 2.81. The van der Waals surface area contributed by atoms with E-state index in [1.165, 1.54) is 70.4 Å². The summed E-state index contributed by atoms with van der Waals surface area (Å²) in [5.41, 5.74) is 0. The van der Waals surface area contributed by atoms with Gasteiger partial charge in [-0.05, 0) is 12.6 Å². The Kier molecular flexibility index (Phi) is 19.0. The molecule has 0 aromatic rings. The van der Waals surface area contributed by atoms with Crippen LogP contribution in [0.1, 0.15) is 71.1 Å². The van der Waals surface area contributed by atoms with Crippen LogP contribution in [-0.4, -0.2) is 6.16 Å². The Hall–Kier alpha value is 0.390. The van der Waals surface area contributed by atoms with Crippen molar-refractivity contribution in [2.45, 2.75) is 71.1 Å². The Morgan fingerprint density at radius 2 is 1.00 bits per heavy atom. The minimum atomic E-state index is 0. The van der Waals surface area contributed by atoms with Crippen molar-refractivity contribution < 1.29 is 0 Å². The smallest absolute Gasteiger partial charge is 0.0381 e. The maximum Gasteiger partial charge on any atom is -0.0381 e. The van der Waals surface area contributed by atoms with E-state index in [4.69, 9.17) is 0 Å².